The van der Waals surface area contributed by atoms with Gasteiger partial charge in [0.05, 0.1) is 39.8 Å². The van der Waals surface area contributed by atoms with Crippen molar-refractivity contribution in [2.75, 3.05) is 31.6 Å². The zero-order chi connectivity index (χ0) is 17.7. The first-order valence-electron chi connectivity index (χ1n) is 7.74. The van der Waals surface area contributed by atoms with Crippen molar-refractivity contribution in [1.29, 1.82) is 0 Å². The van der Waals surface area contributed by atoms with Gasteiger partial charge in [-0.1, -0.05) is 34.8 Å². The summed E-state index contributed by atoms with van der Waals surface area (Å²) in [5, 5.41) is 3.69. The van der Waals surface area contributed by atoms with Crippen molar-refractivity contribution in [3.8, 4) is 0 Å². The molecule has 0 aromatic heterocycles. The van der Waals surface area contributed by atoms with Crippen LogP contribution in [0, 0.1) is 5.92 Å². The number of anilines is 1. The standard InChI is InChI=1S/C16H19Cl3N2O3/c1-2-24-16(23)10-4-3-5-21(8-10)9-15(22)20-14-7-12(18)11(17)6-13(14)19/h6-7,10H,2-5,8-9H2,1H3,(H,20,22). The molecule has 1 amide bonds. The lowest BCUT2D eigenvalue weighted by Gasteiger charge is -2.30. The van der Waals surface area contributed by atoms with Crippen LogP contribution >= 0.6 is 34.8 Å². The number of nitrogens with one attached hydrogen (secondary N) is 1. The van der Waals surface area contributed by atoms with E-state index in [1.54, 1.807) is 6.92 Å². The number of carbonyl (C=O) groups is 2. The van der Waals surface area contributed by atoms with Gasteiger partial charge in [-0.05, 0) is 38.4 Å². The van der Waals surface area contributed by atoms with E-state index in [9.17, 15) is 9.59 Å². The van der Waals surface area contributed by atoms with Gasteiger partial charge in [-0.3, -0.25) is 14.5 Å². The number of hydrogen-bond donors (Lipinski definition) is 1. The Kier molecular flexibility index (Phi) is 7.16. The van der Waals surface area contributed by atoms with Crippen molar-refractivity contribution in [3.63, 3.8) is 0 Å². The molecule has 1 unspecified atom stereocenters. The molecule has 1 fully saturated rings. The number of benzene rings is 1. The van der Waals surface area contributed by atoms with Gasteiger partial charge < -0.3 is 10.1 Å². The summed E-state index contributed by atoms with van der Waals surface area (Å²) >= 11 is 17.9. The summed E-state index contributed by atoms with van der Waals surface area (Å²) in [5.74, 6) is -0.602. The molecular weight excluding hydrogens is 375 g/mol. The highest BCUT2D eigenvalue weighted by atomic mass is 35.5. The molecule has 24 heavy (non-hydrogen) atoms. The first kappa shape index (κ1) is 19.3. The average molecular weight is 394 g/mol. The van der Waals surface area contributed by atoms with Crippen molar-refractivity contribution >= 4 is 52.4 Å². The maximum atomic E-state index is 12.2. The van der Waals surface area contributed by atoms with Gasteiger partial charge in [-0.25, -0.2) is 0 Å². The van der Waals surface area contributed by atoms with Crippen LogP contribution in [0.15, 0.2) is 12.1 Å². The molecule has 5 nitrogen and oxygen atoms in total. The molecule has 0 aliphatic carbocycles. The highest BCUT2D eigenvalue weighted by Crippen LogP contribution is 2.32. The zero-order valence-electron chi connectivity index (χ0n) is 13.3. The van der Waals surface area contributed by atoms with Gasteiger partial charge in [0.1, 0.15) is 0 Å². The second-order valence-corrected chi connectivity index (χ2v) is 6.84. The predicted molar refractivity (Wildman–Crippen MR) is 95.9 cm³/mol. The van der Waals surface area contributed by atoms with Crippen LogP contribution in [0.4, 0.5) is 5.69 Å². The summed E-state index contributed by atoms with van der Waals surface area (Å²) in [6.45, 7) is 3.60. The quantitative estimate of drug-likeness (QED) is 0.609. The Hall–Kier alpha value is -1.01. The van der Waals surface area contributed by atoms with Crippen molar-refractivity contribution < 1.29 is 14.3 Å². The van der Waals surface area contributed by atoms with Gasteiger partial charge in [0, 0.05) is 6.54 Å². The number of rotatable bonds is 5. The fourth-order valence-electron chi connectivity index (χ4n) is 2.66. The minimum absolute atomic E-state index is 0.173. The van der Waals surface area contributed by atoms with Gasteiger partial charge in [-0.2, -0.15) is 0 Å². The Labute approximate surface area is 156 Å². The normalized spacial score (nSPS) is 18.2. The fraction of sp³-hybridized carbons (Fsp3) is 0.500. The molecule has 132 valence electrons. The lowest BCUT2D eigenvalue weighted by Crippen LogP contribution is -2.43. The molecule has 0 saturated carbocycles. The molecule has 0 spiro atoms. The second kappa shape index (κ2) is 8.90. The molecule has 1 saturated heterocycles. The topological polar surface area (TPSA) is 58.6 Å². The monoisotopic (exact) mass is 392 g/mol. The van der Waals surface area contributed by atoms with Crippen molar-refractivity contribution in [2.45, 2.75) is 19.8 Å². The second-order valence-electron chi connectivity index (χ2n) is 5.62. The minimum atomic E-state index is -0.222. The molecule has 1 heterocycles. The Balaban J connectivity index is 1.92. The summed E-state index contributed by atoms with van der Waals surface area (Å²) < 4.78 is 5.06. The summed E-state index contributed by atoms with van der Waals surface area (Å²) in [7, 11) is 0. The van der Waals surface area contributed by atoms with Gasteiger partial charge >= 0.3 is 5.97 Å². The van der Waals surface area contributed by atoms with Crippen LogP contribution in [0.3, 0.4) is 0 Å². The van der Waals surface area contributed by atoms with Crippen LogP contribution in [-0.4, -0.2) is 43.0 Å². The Bertz CT molecular complexity index is 625. The number of likely N-dealkylation sites (tertiary alicyclic amines) is 1. The highest BCUT2D eigenvalue weighted by molar-refractivity contribution is 6.44. The third kappa shape index (κ3) is 5.24. The lowest BCUT2D eigenvalue weighted by atomic mass is 9.98. The first-order valence-corrected chi connectivity index (χ1v) is 8.87. The minimum Gasteiger partial charge on any atom is -0.466 e. The number of hydrogen-bond acceptors (Lipinski definition) is 4. The SMILES string of the molecule is CCOC(=O)C1CCCN(CC(=O)Nc2cc(Cl)c(Cl)cc2Cl)C1. The Morgan fingerprint density at radius 3 is 2.67 bits per heavy atom. The Morgan fingerprint density at radius 2 is 1.96 bits per heavy atom. The van der Waals surface area contributed by atoms with E-state index in [2.05, 4.69) is 5.32 Å². The van der Waals surface area contributed by atoms with Crippen molar-refractivity contribution in [1.82, 2.24) is 4.90 Å². The first-order chi connectivity index (χ1) is 11.4. The third-order valence-corrected chi connectivity index (χ3v) is 4.81. The third-order valence-electron chi connectivity index (χ3n) is 3.78. The number of nitrogens with zero attached hydrogens (tertiary/aromatic N) is 1. The lowest BCUT2D eigenvalue weighted by molar-refractivity contribution is -0.150. The summed E-state index contributed by atoms with van der Waals surface area (Å²) in [4.78, 5) is 26.0. The largest absolute Gasteiger partial charge is 0.466 e. The number of amides is 1. The van der Waals surface area contributed by atoms with E-state index in [-0.39, 0.29) is 24.3 Å². The number of carbonyl (C=O) groups excluding carboxylic acids is 2. The van der Waals surface area contributed by atoms with E-state index >= 15 is 0 Å². The zero-order valence-corrected chi connectivity index (χ0v) is 15.5. The molecular formula is C16H19Cl3N2O3. The molecule has 1 aromatic rings. The maximum Gasteiger partial charge on any atom is 0.310 e. The average Bonchev–Trinajstić information content (AvgIpc) is 2.53. The molecule has 8 heteroatoms. The van der Waals surface area contributed by atoms with E-state index in [0.717, 1.165) is 19.4 Å². The summed E-state index contributed by atoms with van der Waals surface area (Å²) in [6.07, 6.45) is 1.64. The molecule has 1 aromatic carbocycles. The molecule has 1 aliphatic rings. The molecule has 2 rings (SSSR count). The Morgan fingerprint density at radius 1 is 1.25 bits per heavy atom. The van der Waals surface area contributed by atoms with Gasteiger partial charge in [0.2, 0.25) is 5.91 Å². The van der Waals surface area contributed by atoms with Crippen LogP contribution in [0.25, 0.3) is 0 Å². The van der Waals surface area contributed by atoms with Crippen molar-refractivity contribution in [2.24, 2.45) is 5.92 Å². The van der Waals surface area contributed by atoms with E-state index in [1.165, 1.54) is 12.1 Å². The van der Waals surface area contributed by atoms with Gasteiger partial charge in [-0.15, -0.1) is 0 Å². The summed E-state index contributed by atoms with van der Waals surface area (Å²) in [5.41, 5.74) is 0.412. The van der Waals surface area contributed by atoms with Crippen LogP contribution in [0.1, 0.15) is 19.8 Å². The van der Waals surface area contributed by atoms with Crippen molar-refractivity contribution in [3.05, 3.63) is 27.2 Å². The molecule has 0 radical (unpaired) electrons. The molecule has 0 bridgehead atoms. The number of piperidine rings is 1. The maximum absolute atomic E-state index is 12.2. The van der Waals surface area contributed by atoms with E-state index in [0.29, 0.717) is 33.9 Å². The summed E-state index contributed by atoms with van der Waals surface area (Å²) in [6, 6.07) is 3.00. The van der Waals surface area contributed by atoms with Gasteiger partial charge in [0.25, 0.3) is 0 Å². The van der Waals surface area contributed by atoms with Crippen LogP contribution in [0.5, 0.6) is 0 Å². The van der Waals surface area contributed by atoms with E-state index < -0.39 is 0 Å². The predicted octanol–water partition coefficient (Wildman–Crippen LogP) is 3.86. The van der Waals surface area contributed by atoms with Gasteiger partial charge in [0.15, 0.2) is 0 Å². The van der Waals surface area contributed by atoms with Crippen LogP contribution in [-0.2, 0) is 14.3 Å². The molecule has 1 aliphatic heterocycles. The number of esters is 1. The van der Waals surface area contributed by atoms with Crippen LogP contribution < -0.4 is 5.32 Å². The van der Waals surface area contributed by atoms with Crippen LogP contribution in [0.2, 0.25) is 15.1 Å². The molecule has 1 N–H and O–H groups in total. The van der Waals surface area contributed by atoms with E-state index in [1.807, 2.05) is 4.90 Å². The number of halogens is 3. The fourth-order valence-corrected chi connectivity index (χ4v) is 3.26. The smallest absolute Gasteiger partial charge is 0.310 e. The highest BCUT2D eigenvalue weighted by Gasteiger charge is 2.27. The van der Waals surface area contributed by atoms with E-state index in [4.69, 9.17) is 39.5 Å². The molecule has 1 atom stereocenters. The number of ether oxygens (including phenoxy) is 1.